The predicted molar refractivity (Wildman–Crippen MR) is 233 cm³/mol. The van der Waals surface area contributed by atoms with Crippen LogP contribution in [-0.2, 0) is 16.2 Å². The van der Waals surface area contributed by atoms with Gasteiger partial charge in [-0.3, -0.25) is 0 Å². The Bertz CT molecular complexity index is 2780. The van der Waals surface area contributed by atoms with Crippen molar-refractivity contribution in [2.75, 3.05) is 0 Å². The Balaban J connectivity index is 1.09. The molecule has 0 heteroatoms. The van der Waals surface area contributed by atoms with Crippen LogP contribution in [0.1, 0.15) is 102 Å². The highest BCUT2D eigenvalue weighted by Crippen LogP contribution is 2.57. The zero-order valence-corrected chi connectivity index (χ0v) is 33.0. The van der Waals surface area contributed by atoms with Gasteiger partial charge >= 0.3 is 0 Å². The lowest BCUT2D eigenvalue weighted by Gasteiger charge is -2.31. The van der Waals surface area contributed by atoms with E-state index in [1.807, 2.05) is 0 Å². The first-order valence-corrected chi connectivity index (χ1v) is 20.4. The summed E-state index contributed by atoms with van der Waals surface area (Å²) in [6.07, 6.45) is 4.34. The Morgan fingerprint density at radius 2 is 0.796 bits per heavy atom. The summed E-state index contributed by atoms with van der Waals surface area (Å²) in [7, 11) is 0. The second kappa shape index (κ2) is 11.6. The van der Waals surface area contributed by atoms with Gasteiger partial charge in [-0.1, -0.05) is 158 Å². The van der Waals surface area contributed by atoms with Crippen LogP contribution in [-0.4, -0.2) is 0 Å². The van der Waals surface area contributed by atoms with E-state index in [9.17, 15) is 0 Å². The second-order valence-corrected chi connectivity index (χ2v) is 17.3. The van der Waals surface area contributed by atoms with Gasteiger partial charge in [-0.2, -0.15) is 0 Å². The highest BCUT2D eigenvalue weighted by Gasteiger charge is 2.43. The molecule has 0 N–H and O–H groups in total. The van der Waals surface area contributed by atoms with Crippen molar-refractivity contribution in [3.63, 3.8) is 0 Å². The largest absolute Gasteiger partial charge is 0.0642 e. The lowest BCUT2D eigenvalue weighted by atomic mass is 9.72. The molecule has 0 atom stereocenters. The van der Waals surface area contributed by atoms with Crippen LogP contribution in [0, 0.1) is 0 Å². The van der Waals surface area contributed by atoms with Crippen molar-refractivity contribution < 1.29 is 0 Å². The monoisotopic (exact) mass is 698 g/mol. The SMILES string of the molecule is CCC1(CC)c2cc(-c3ccc4c(c3)C(CC)(CC)c3cc(C(C)(C)C)ccc3-4)ccc2-c2ccc(-c3ccc4ccc5cccc6ccc3c4c56)cc21. The predicted octanol–water partition coefficient (Wildman–Crippen LogP) is 15.4. The third-order valence-corrected chi connectivity index (χ3v) is 14.2. The van der Waals surface area contributed by atoms with E-state index in [0.29, 0.717) is 0 Å². The number of rotatable bonds is 6. The summed E-state index contributed by atoms with van der Waals surface area (Å²) in [6, 6.07) is 50.0. The molecule has 0 nitrogen and oxygen atoms in total. The lowest BCUT2D eigenvalue weighted by molar-refractivity contribution is 0.488. The quantitative estimate of drug-likeness (QED) is 0.152. The molecule has 0 aromatic heterocycles. The molecule has 266 valence electrons. The van der Waals surface area contributed by atoms with Crippen molar-refractivity contribution in [3.05, 3.63) is 155 Å². The average Bonchev–Trinajstić information content (AvgIpc) is 3.65. The number of benzene rings is 8. The number of fused-ring (bicyclic) bond motifs is 6. The zero-order valence-electron chi connectivity index (χ0n) is 33.0. The summed E-state index contributed by atoms with van der Waals surface area (Å²) >= 11 is 0. The minimum atomic E-state index is -0.0343. The third-order valence-electron chi connectivity index (χ3n) is 14.2. The van der Waals surface area contributed by atoms with Crippen LogP contribution in [0.5, 0.6) is 0 Å². The summed E-state index contributed by atoms with van der Waals surface area (Å²) in [5.74, 6) is 0. The second-order valence-electron chi connectivity index (χ2n) is 17.3. The third kappa shape index (κ3) is 4.37. The van der Waals surface area contributed by atoms with E-state index in [4.69, 9.17) is 0 Å². The molecule has 0 unspecified atom stereocenters. The fourth-order valence-electron chi connectivity index (χ4n) is 11.0. The van der Waals surface area contributed by atoms with E-state index >= 15 is 0 Å². The summed E-state index contributed by atoms with van der Waals surface area (Å²) in [6.45, 7) is 16.6. The molecule has 54 heavy (non-hydrogen) atoms. The first-order chi connectivity index (χ1) is 26.2. The maximum atomic E-state index is 2.55. The zero-order chi connectivity index (χ0) is 37.1. The molecule has 2 aliphatic rings. The summed E-state index contributed by atoms with van der Waals surface area (Å²) in [5, 5.41) is 8.06. The standard InChI is InChI=1S/C54H50/c1-8-53(9-2)46-29-36(37-20-25-42-44-28-22-39(52(5,6)7)32-49(44)54(10-3,11-4)47(42)30-37)19-24-41(46)43-26-21-38(31-48(43)53)40-23-17-35-16-15-33-13-12-14-34-18-27-45(40)51(35)50(33)34/h12-32H,8-11H2,1-7H3. The van der Waals surface area contributed by atoms with Crippen molar-refractivity contribution in [3.8, 4) is 44.5 Å². The Kier molecular flexibility index (Phi) is 7.20. The molecule has 0 spiro atoms. The number of hydrogen-bond donors (Lipinski definition) is 0. The minimum absolute atomic E-state index is 0.0343. The van der Waals surface area contributed by atoms with Crippen LogP contribution in [0.2, 0.25) is 0 Å². The molecule has 0 radical (unpaired) electrons. The molecule has 0 heterocycles. The van der Waals surface area contributed by atoms with Crippen molar-refractivity contribution in [1.82, 2.24) is 0 Å². The Hall–Kier alpha value is -5.20. The fraction of sp³-hybridized carbons (Fsp3) is 0.259. The topological polar surface area (TPSA) is 0 Å². The Morgan fingerprint density at radius 1 is 0.389 bits per heavy atom. The molecule has 0 fully saturated rings. The van der Waals surface area contributed by atoms with E-state index in [2.05, 4.69) is 176 Å². The normalized spacial score (nSPS) is 15.2. The molecule has 0 aliphatic heterocycles. The lowest BCUT2D eigenvalue weighted by Crippen LogP contribution is -2.24. The smallest absolute Gasteiger partial charge is 0.0210 e. The molecular formula is C54H50. The van der Waals surface area contributed by atoms with Crippen molar-refractivity contribution >= 4 is 32.3 Å². The maximum Gasteiger partial charge on any atom is 0.0210 e. The van der Waals surface area contributed by atoms with Gasteiger partial charge in [-0.15, -0.1) is 0 Å². The van der Waals surface area contributed by atoms with Gasteiger partial charge in [0.25, 0.3) is 0 Å². The molecule has 2 aliphatic carbocycles. The van der Waals surface area contributed by atoms with Crippen LogP contribution in [0.4, 0.5) is 0 Å². The van der Waals surface area contributed by atoms with Crippen molar-refractivity contribution in [2.45, 2.75) is 90.4 Å². The van der Waals surface area contributed by atoms with E-state index in [0.717, 1.165) is 25.7 Å². The van der Waals surface area contributed by atoms with Crippen LogP contribution in [0.25, 0.3) is 76.8 Å². The van der Waals surface area contributed by atoms with Crippen LogP contribution in [0.3, 0.4) is 0 Å². The van der Waals surface area contributed by atoms with Crippen LogP contribution < -0.4 is 0 Å². The van der Waals surface area contributed by atoms with E-state index < -0.39 is 0 Å². The van der Waals surface area contributed by atoms with Crippen molar-refractivity contribution in [2.24, 2.45) is 0 Å². The minimum Gasteiger partial charge on any atom is -0.0642 e. The number of hydrogen-bond acceptors (Lipinski definition) is 0. The van der Waals surface area contributed by atoms with E-state index in [-0.39, 0.29) is 16.2 Å². The molecular weight excluding hydrogens is 649 g/mol. The van der Waals surface area contributed by atoms with Gasteiger partial charge in [0.15, 0.2) is 0 Å². The van der Waals surface area contributed by atoms with Gasteiger partial charge < -0.3 is 0 Å². The maximum absolute atomic E-state index is 2.55. The summed E-state index contributed by atoms with van der Waals surface area (Å²) in [4.78, 5) is 0. The summed E-state index contributed by atoms with van der Waals surface area (Å²) < 4.78 is 0. The van der Waals surface area contributed by atoms with Gasteiger partial charge in [0, 0.05) is 10.8 Å². The van der Waals surface area contributed by atoms with E-state index in [1.54, 1.807) is 0 Å². The van der Waals surface area contributed by atoms with Crippen LogP contribution in [0.15, 0.2) is 127 Å². The van der Waals surface area contributed by atoms with Crippen molar-refractivity contribution in [1.29, 1.82) is 0 Å². The fourth-order valence-corrected chi connectivity index (χ4v) is 11.0. The molecule has 10 rings (SSSR count). The van der Waals surface area contributed by atoms with Gasteiger partial charge in [-0.05, 0) is 154 Å². The molecule has 8 aromatic rings. The molecule has 0 bridgehead atoms. The van der Waals surface area contributed by atoms with Gasteiger partial charge in [0.05, 0.1) is 0 Å². The highest BCUT2D eigenvalue weighted by atomic mass is 14.5. The Labute approximate surface area is 321 Å². The highest BCUT2D eigenvalue weighted by molar-refractivity contribution is 6.25. The average molecular weight is 699 g/mol. The molecule has 0 saturated heterocycles. The molecule has 8 aromatic carbocycles. The molecule has 0 saturated carbocycles. The summed E-state index contributed by atoms with van der Waals surface area (Å²) in [5.41, 5.74) is 18.5. The van der Waals surface area contributed by atoms with Gasteiger partial charge in [0.1, 0.15) is 0 Å². The van der Waals surface area contributed by atoms with Crippen LogP contribution >= 0.6 is 0 Å². The van der Waals surface area contributed by atoms with E-state index in [1.165, 1.54) is 105 Å². The Morgan fingerprint density at radius 3 is 1.31 bits per heavy atom. The first-order valence-electron chi connectivity index (χ1n) is 20.4. The molecule has 0 amide bonds. The van der Waals surface area contributed by atoms with Gasteiger partial charge in [-0.25, -0.2) is 0 Å². The first kappa shape index (κ1) is 33.4. The van der Waals surface area contributed by atoms with Gasteiger partial charge in [0.2, 0.25) is 0 Å².